The van der Waals surface area contributed by atoms with Crippen molar-refractivity contribution in [1.29, 1.82) is 0 Å². The molecule has 0 aliphatic heterocycles. The maximum absolute atomic E-state index is 13.5. The molecule has 1 unspecified atom stereocenters. The molecule has 172 valence electrons. The van der Waals surface area contributed by atoms with Gasteiger partial charge < -0.3 is 5.11 Å². The molecule has 0 bridgehead atoms. The fourth-order valence-corrected chi connectivity index (χ4v) is 3.94. The quantitative estimate of drug-likeness (QED) is 0.427. The summed E-state index contributed by atoms with van der Waals surface area (Å²) in [6, 6.07) is 9.92. The van der Waals surface area contributed by atoms with Crippen LogP contribution in [0.15, 0.2) is 59.8 Å². The van der Waals surface area contributed by atoms with Gasteiger partial charge >= 0.3 is 10.2 Å². The molecule has 4 aromatic rings. The first kappa shape index (κ1) is 22.8. The van der Waals surface area contributed by atoms with Crippen molar-refractivity contribution in [2.45, 2.75) is 12.7 Å². The summed E-state index contributed by atoms with van der Waals surface area (Å²) in [6.45, 7) is -0.682. The Hall–Kier alpha value is -3.41. The largest absolute Gasteiger partial charge is 0.393 e. The highest BCUT2D eigenvalue weighted by molar-refractivity contribution is 7.90. The third-order valence-corrected chi connectivity index (χ3v) is 6.61. The van der Waals surface area contributed by atoms with E-state index in [4.69, 9.17) is 5.11 Å². The normalized spacial score (nSPS) is 13.0. The van der Waals surface area contributed by atoms with E-state index in [0.29, 0.717) is 32.8 Å². The van der Waals surface area contributed by atoms with Crippen LogP contribution in [-0.2, 0) is 16.8 Å². The van der Waals surface area contributed by atoms with E-state index in [0.717, 1.165) is 4.31 Å². The van der Waals surface area contributed by atoms with Gasteiger partial charge in [0.05, 0.1) is 30.6 Å². The maximum atomic E-state index is 13.5. The number of nitrogens with zero attached hydrogens (tertiary/aromatic N) is 4. The number of pyridine rings is 1. The van der Waals surface area contributed by atoms with E-state index in [9.17, 15) is 17.6 Å². The second-order valence-electron chi connectivity index (χ2n) is 7.74. The molecular weight excluding hydrogens is 449 g/mol. The van der Waals surface area contributed by atoms with Crippen LogP contribution < -0.4 is 10.2 Å². The fourth-order valence-electron chi connectivity index (χ4n) is 3.34. The lowest BCUT2D eigenvalue weighted by Crippen LogP contribution is -2.28. The van der Waals surface area contributed by atoms with Crippen LogP contribution in [0.4, 0.5) is 10.1 Å². The summed E-state index contributed by atoms with van der Waals surface area (Å²) in [7, 11) is -0.915. The van der Waals surface area contributed by atoms with Crippen LogP contribution in [-0.4, -0.2) is 59.5 Å². The molecule has 0 aliphatic rings. The first-order valence-electron chi connectivity index (χ1n) is 10.0. The molecule has 0 aliphatic carbocycles. The number of nitrogens with one attached hydrogen (secondary N) is 1. The van der Waals surface area contributed by atoms with Crippen LogP contribution in [0.2, 0.25) is 0 Å². The van der Waals surface area contributed by atoms with Gasteiger partial charge in [-0.25, -0.2) is 4.39 Å². The molecule has 2 aromatic carbocycles. The summed E-state index contributed by atoms with van der Waals surface area (Å²) in [5.74, 6) is 0. The van der Waals surface area contributed by atoms with Gasteiger partial charge in [-0.15, -0.1) is 0 Å². The lowest BCUT2D eigenvalue weighted by molar-refractivity contribution is 0.158. The van der Waals surface area contributed by atoms with Crippen molar-refractivity contribution in [3.05, 3.63) is 65.2 Å². The van der Waals surface area contributed by atoms with Crippen LogP contribution >= 0.6 is 0 Å². The van der Waals surface area contributed by atoms with Crippen molar-refractivity contribution in [3.63, 3.8) is 0 Å². The Labute approximate surface area is 189 Å². The molecule has 0 radical (unpaired) electrons. The molecule has 0 spiro atoms. The van der Waals surface area contributed by atoms with E-state index in [2.05, 4.69) is 14.8 Å². The lowest BCUT2D eigenvalue weighted by Gasteiger charge is -2.13. The van der Waals surface area contributed by atoms with Crippen LogP contribution in [0.5, 0.6) is 0 Å². The molecule has 33 heavy (non-hydrogen) atoms. The summed E-state index contributed by atoms with van der Waals surface area (Å²) in [4.78, 5) is 17.8. The predicted molar refractivity (Wildman–Crippen MR) is 125 cm³/mol. The number of aromatic nitrogens is 3. The van der Waals surface area contributed by atoms with Gasteiger partial charge in [0.25, 0.3) is 0 Å². The van der Waals surface area contributed by atoms with E-state index >= 15 is 0 Å². The number of benzene rings is 1. The Morgan fingerprint density at radius 2 is 1.88 bits per heavy atom. The molecular formula is C22H22FN5O4S. The Morgan fingerprint density at radius 1 is 1.12 bits per heavy atom. The Balaban J connectivity index is 1.81. The highest BCUT2D eigenvalue weighted by Gasteiger charge is 2.14. The molecule has 11 heteroatoms. The summed E-state index contributed by atoms with van der Waals surface area (Å²) in [6.07, 6.45) is 3.33. The number of anilines is 1. The molecule has 0 fully saturated rings. The van der Waals surface area contributed by atoms with Crippen molar-refractivity contribution >= 4 is 37.6 Å². The minimum atomic E-state index is -3.73. The second kappa shape index (κ2) is 8.85. The second-order valence-corrected chi connectivity index (χ2v) is 9.63. The monoisotopic (exact) mass is 471 g/mol. The van der Waals surface area contributed by atoms with Crippen molar-refractivity contribution in [2.75, 3.05) is 25.4 Å². The van der Waals surface area contributed by atoms with Gasteiger partial charge in [0.2, 0.25) is 0 Å². The number of fused-ring (bicyclic) bond motifs is 2. The summed E-state index contributed by atoms with van der Waals surface area (Å²) in [5, 5.41) is 14.3. The van der Waals surface area contributed by atoms with Crippen LogP contribution in [0, 0.1) is 0 Å². The molecule has 0 saturated heterocycles. The van der Waals surface area contributed by atoms with Crippen molar-refractivity contribution in [3.8, 4) is 11.1 Å². The fraction of sp³-hybridized carbons (Fsp3) is 0.227. The average Bonchev–Trinajstić information content (AvgIpc) is 3.20. The first-order chi connectivity index (χ1) is 15.7. The van der Waals surface area contributed by atoms with Crippen LogP contribution in [0.1, 0.15) is 0 Å². The van der Waals surface area contributed by atoms with E-state index in [-0.39, 0.29) is 17.7 Å². The summed E-state index contributed by atoms with van der Waals surface area (Å²) in [5.41, 5.74) is 1.70. The average molecular weight is 472 g/mol. The number of rotatable bonds is 7. The zero-order chi connectivity index (χ0) is 23.8. The molecule has 0 amide bonds. The maximum Gasteiger partial charge on any atom is 0.301 e. The van der Waals surface area contributed by atoms with Gasteiger partial charge in [-0.2, -0.15) is 17.8 Å². The molecule has 2 aromatic heterocycles. The summed E-state index contributed by atoms with van der Waals surface area (Å²) >= 11 is 0. The van der Waals surface area contributed by atoms with Gasteiger partial charge in [-0.1, -0.05) is 12.1 Å². The molecule has 1 atom stereocenters. The van der Waals surface area contributed by atoms with Crippen LogP contribution in [0.3, 0.4) is 0 Å². The van der Waals surface area contributed by atoms with E-state index < -0.39 is 23.0 Å². The smallest absolute Gasteiger partial charge is 0.301 e. The third kappa shape index (κ3) is 4.70. The Bertz CT molecular complexity index is 1500. The van der Waals surface area contributed by atoms with Crippen molar-refractivity contribution in [2.24, 2.45) is 0 Å². The third-order valence-electron chi connectivity index (χ3n) is 5.16. The van der Waals surface area contributed by atoms with Crippen LogP contribution in [0.25, 0.3) is 32.8 Å². The SMILES string of the molecule is CN(C)S(=O)(=O)Nc1ccc2ccc3ncc(-c4cnn(CC(F)CO)c4)cc3c(=O)c2c1. The highest BCUT2D eigenvalue weighted by atomic mass is 32.2. The number of hydrogen-bond acceptors (Lipinski definition) is 6. The first-order valence-corrected chi connectivity index (χ1v) is 11.5. The van der Waals surface area contributed by atoms with E-state index in [1.54, 1.807) is 42.7 Å². The van der Waals surface area contributed by atoms with Gasteiger partial charge in [0, 0.05) is 48.4 Å². The number of aliphatic hydroxyl groups excluding tert-OH is 1. The summed E-state index contributed by atoms with van der Waals surface area (Å²) < 4.78 is 42.6. The molecule has 4 rings (SSSR count). The lowest BCUT2D eigenvalue weighted by atomic mass is 10.1. The standard InChI is InChI=1S/C22H22FN5O4S/c1-27(2)33(31,32)26-18-5-3-14-4-6-21-20(22(30)19(14)8-18)7-15(9-24-21)16-10-25-28(11-16)12-17(23)13-29/h3-11,17,26,29H,12-13H2,1-2H3. The van der Waals surface area contributed by atoms with Crippen molar-refractivity contribution in [1.82, 2.24) is 19.1 Å². The predicted octanol–water partition coefficient (Wildman–Crippen LogP) is 2.16. The number of hydrogen-bond donors (Lipinski definition) is 2. The number of halogens is 1. The zero-order valence-electron chi connectivity index (χ0n) is 17.9. The molecule has 0 saturated carbocycles. The number of alkyl halides is 1. The van der Waals surface area contributed by atoms with Gasteiger partial charge in [-0.05, 0) is 29.7 Å². The van der Waals surface area contributed by atoms with Crippen molar-refractivity contribution < 1.29 is 17.9 Å². The van der Waals surface area contributed by atoms with Gasteiger partial charge in [0.1, 0.15) is 6.17 Å². The topological polar surface area (TPSA) is 117 Å². The minimum Gasteiger partial charge on any atom is -0.393 e. The highest BCUT2D eigenvalue weighted by Crippen LogP contribution is 2.23. The Kier molecular flexibility index (Phi) is 6.11. The van der Waals surface area contributed by atoms with Gasteiger partial charge in [0.15, 0.2) is 5.43 Å². The Morgan fingerprint density at radius 3 is 2.61 bits per heavy atom. The molecule has 2 N–H and O–H groups in total. The number of aliphatic hydroxyl groups is 1. The minimum absolute atomic E-state index is 0.0878. The zero-order valence-corrected chi connectivity index (χ0v) is 18.8. The van der Waals surface area contributed by atoms with Gasteiger partial charge in [-0.3, -0.25) is 19.2 Å². The van der Waals surface area contributed by atoms with E-state index in [1.165, 1.54) is 31.0 Å². The van der Waals surface area contributed by atoms with E-state index in [1.807, 2.05) is 0 Å². The molecule has 2 heterocycles. The molecule has 9 nitrogen and oxygen atoms in total.